The molecule has 0 saturated heterocycles. The van der Waals surface area contributed by atoms with Gasteiger partial charge < -0.3 is 20.4 Å². The Kier molecular flexibility index (Phi) is 35.9. The number of aryl methyl sites for hydroxylation is 3. The summed E-state index contributed by atoms with van der Waals surface area (Å²) < 4.78 is 0. The standard InChI is InChI=1S/C9H12.4CH4O/c1-7-4-8(2)6-9(3)5-7;4*1-2/h4-6H,1-3H3;4*2H,1H3. The number of benzene rings is 1. The second-order valence-corrected chi connectivity index (χ2v) is 2.67. The van der Waals surface area contributed by atoms with Gasteiger partial charge in [0.1, 0.15) is 0 Å². The topological polar surface area (TPSA) is 80.9 Å². The van der Waals surface area contributed by atoms with Gasteiger partial charge in [0.2, 0.25) is 0 Å². The molecule has 4 nitrogen and oxygen atoms in total. The molecule has 0 unspecified atom stereocenters. The number of aliphatic hydroxyl groups is 4. The summed E-state index contributed by atoms with van der Waals surface area (Å²) in [7, 11) is 4.00. The summed E-state index contributed by atoms with van der Waals surface area (Å²) in [5, 5.41) is 28.0. The van der Waals surface area contributed by atoms with Crippen molar-refractivity contribution >= 4 is 0 Å². The number of hydrogen-bond donors (Lipinski definition) is 4. The summed E-state index contributed by atoms with van der Waals surface area (Å²) in [6.07, 6.45) is 0. The highest BCUT2D eigenvalue weighted by atomic mass is 16.2. The molecule has 1 aromatic rings. The molecule has 0 saturated carbocycles. The molecular weight excluding hydrogens is 220 g/mol. The predicted molar refractivity (Wildman–Crippen MR) is 73.2 cm³/mol. The molecule has 0 aromatic heterocycles. The van der Waals surface area contributed by atoms with E-state index in [-0.39, 0.29) is 0 Å². The number of rotatable bonds is 0. The van der Waals surface area contributed by atoms with Crippen LogP contribution in [0.1, 0.15) is 16.7 Å². The molecule has 1 rings (SSSR count). The van der Waals surface area contributed by atoms with Gasteiger partial charge in [-0.25, -0.2) is 0 Å². The first kappa shape index (κ1) is 25.0. The third-order valence-corrected chi connectivity index (χ3v) is 1.37. The van der Waals surface area contributed by atoms with Crippen LogP contribution in [0.3, 0.4) is 0 Å². The minimum absolute atomic E-state index is 1.00. The highest BCUT2D eigenvalue weighted by molar-refractivity contribution is 5.27. The molecular formula is C13H28O4. The van der Waals surface area contributed by atoms with Gasteiger partial charge in [-0.3, -0.25) is 0 Å². The Labute approximate surface area is 105 Å². The lowest BCUT2D eigenvalue weighted by molar-refractivity contribution is 0.399. The summed E-state index contributed by atoms with van der Waals surface area (Å²) in [4.78, 5) is 0. The second kappa shape index (κ2) is 24.3. The highest BCUT2D eigenvalue weighted by Gasteiger charge is 1.87. The van der Waals surface area contributed by atoms with E-state index in [9.17, 15) is 0 Å². The van der Waals surface area contributed by atoms with Crippen LogP contribution in [0.5, 0.6) is 0 Å². The molecule has 0 bridgehead atoms. The first-order valence-corrected chi connectivity index (χ1v) is 5.02. The molecule has 0 spiro atoms. The van der Waals surface area contributed by atoms with Crippen molar-refractivity contribution in [1.82, 2.24) is 0 Å². The van der Waals surface area contributed by atoms with Crippen LogP contribution < -0.4 is 0 Å². The van der Waals surface area contributed by atoms with Gasteiger partial charge in [0, 0.05) is 28.4 Å². The smallest absolute Gasteiger partial charge is 0.0319 e. The molecule has 4 heteroatoms. The van der Waals surface area contributed by atoms with Crippen molar-refractivity contribution in [1.29, 1.82) is 0 Å². The van der Waals surface area contributed by atoms with Gasteiger partial charge in [-0.1, -0.05) is 34.9 Å². The van der Waals surface area contributed by atoms with Crippen LogP contribution in [-0.2, 0) is 0 Å². The summed E-state index contributed by atoms with van der Waals surface area (Å²) in [5.41, 5.74) is 4.06. The van der Waals surface area contributed by atoms with Crippen molar-refractivity contribution in [2.45, 2.75) is 20.8 Å². The van der Waals surface area contributed by atoms with Crippen LogP contribution in [0.25, 0.3) is 0 Å². The zero-order chi connectivity index (χ0) is 14.9. The van der Waals surface area contributed by atoms with Crippen LogP contribution in [-0.4, -0.2) is 48.9 Å². The van der Waals surface area contributed by atoms with Crippen LogP contribution in [0, 0.1) is 20.8 Å². The zero-order valence-corrected chi connectivity index (χ0v) is 12.0. The number of aliphatic hydroxyl groups excluding tert-OH is 4. The van der Waals surface area contributed by atoms with Crippen LogP contribution in [0.15, 0.2) is 18.2 Å². The van der Waals surface area contributed by atoms with E-state index in [1.54, 1.807) is 0 Å². The van der Waals surface area contributed by atoms with E-state index >= 15 is 0 Å². The fourth-order valence-corrected chi connectivity index (χ4v) is 1.20. The normalized spacial score (nSPS) is 6.53. The van der Waals surface area contributed by atoms with E-state index in [1.165, 1.54) is 16.7 Å². The van der Waals surface area contributed by atoms with E-state index in [1.807, 2.05) is 0 Å². The Morgan fingerprint density at radius 2 is 0.588 bits per heavy atom. The average molecular weight is 248 g/mol. The minimum Gasteiger partial charge on any atom is -0.400 e. The Morgan fingerprint density at radius 1 is 0.471 bits per heavy atom. The summed E-state index contributed by atoms with van der Waals surface area (Å²) in [6, 6.07) is 6.56. The molecule has 0 radical (unpaired) electrons. The van der Waals surface area contributed by atoms with Gasteiger partial charge in [-0.15, -0.1) is 0 Å². The zero-order valence-electron chi connectivity index (χ0n) is 12.0. The Hall–Kier alpha value is -0.940. The molecule has 0 aliphatic carbocycles. The van der Waals surface area contributed by atoms with Crippen LogP contribution in [0.4, 0.5) is 0 Å². The second-order valence-electron chi connectivity index (χ2n) is 2.67. The quantitative estimate of drug-likeness (QED) is 0.553. The maximum absolute atomic E-state index is 7.00. The molecule has 0 heterocycles. The Bertz CT molecular complexity index is 174. The fourth-order valence-electron chi connectivity index (χ4n) is 1.20. The number of hydrogen-bond acceptors (Lipinski definition) is 4. The molecule has 0 amide bonds. The minimum atomic E-state index is 1.00. The van der Waals surface area contributed by atoms with E-state index in [0.717, 1.165) is 28.4 Å². The third kappa shape index (κ3) is 21.0. The van der Waals surface area contributed by atoms with Gasteiger partial charge in [-0.05, 0) is 20.8 Å². The van der Waals surface area contributed by atoms with Crippen LogP contribution in [0.2, 0.25) is 0 Å². The first-order chi connectivity index (χ1) is 8.18. The van der Waals surface area contributed by atoms with Gasteiger partial charge >= 0.3 is 0 Å². The lowest BCUT2D eigenvalue weighted by atomic mass is 10.1. The maximum atomic E-state index is 7.00. The average Bonchev–Trinajstić information content (AvgIpc) is 2.37. The van der Waals surface area contributed by atoms with Gasteiger partial charge in [0.25, 0.3) is 0 Å². The molecule has 1 aromatic carbocycles. The molecule has 17 heavy (non-hydrogen) atoms. The molecule has 0 aliphatic heterocycles. The molecule has 104 valence electrons. The van der Waals surface area contributed by atoms with Crippen LogP contribution >= 0.6 is 0 Å². The monoisotopic (exact) mass is 248 g/mol. The molecule has 0 fully saturated rings. The maximum Gasteiger partial charge on any atom is 0.0319 e. The lowest BCUT2D eigenvalue weighted by Gasteiger charge is -1.96. The first-order valence-electron chi connectivity index (χ1n) is 5.02. The molecule has 0 atom stereocenters. The van der Waals surface area contributed by atoms with Crippen molar-refractivity contribution < 1.29 is 20.4 Å². The Balaban J connectivity index is -0.0000000905. The molecule has 0 aliphatic rings. The summed E-state index contributed by atoms with van der Waals surface area (Å²) in [5.74, 6) is 0. The highest BCUT2D eigenvalue weighted by Crippen LogP contribution is 2.06. The SMILES string of the molecule is CO.CO.CO.CO.Cc1cc(C)cc(C)c1. The molecule has 4 N–H and O–H groups in total. The van der Waals surface area contributed by atoms with Crippen molar-refractivity contribution in [3.63, 3.8) is 0 Å². The van der Waals surface area contributed by atoms with E-state index in [4.69, 9.17) is 20.4 Å². The van der Waals surface area contributed by atoms with Crippen molar-refractivity contribution in [2.75, 3.05) is 28.4 Å². The van der Waals surface area contributed by atoms with Gasteiger partial charge in [-0.2, -0.15) is 0 Å². The van der Waals surface area contributed by atoms with E-state index in [0.29, 0.717) is 0 Å². The lowest BCUT2D eigenvalue weighted by Crippen LogP contribution is -1.78. The third-order valence-electron chi connectivity index (χ3n) is 1.37. The fraction of sp³-hybridized carbons (Fsp3) is 0.538. The summed E-state index contributed by atoms with van der Waals surface area (Å²) >= 11 is 0. The van der Waals surface area contributed by atoms with Crippen molar-refractivity contribution in [3.05, 3.63) is 34.9 Å². The Morgan fingerprint density at radius 3 is 0.706 bits per heavy atom. The van der Waals surface area contributed by atoms with Crippen molar-refractivity contribution in [2.24, 2.45) is 0 Å². The van der Waals surface area contributed by atoms with E-state index < -0.39 is 0 Å². The predicted octanol–water partition coefficient (Wildman–Crippen LogP) is 1.05. The van der Waals surface area contributed by atoms with E-state index in [2.05, 4.69) is 39.0 Å². The summed E-state index contributed by atoms with van der Waals surface area (Å²) in [6.45, 7) is 6.38. The van der Waals surface area contributed by atoms with Gasteiger partial charge in [0.05, 0.1) is 0 Å². The van der Waals surface area contributed by atoms with Gasteiger partial charge in [0.15, 0.2) is 0 Å². The van der Waals surface area contributed by atoms with Crippen molar-refractivity contribution in [3.8, 4) is 0 Å². The largest absolute Gasteiger partial charge is 0.400 e.